The lowest BCUT2D eigenvalue weighted by atomic mass is 9.93. The second-order valence-corrected chi connectivity index (χ2v) is 9.39. The standard InChI is InChI=1S/C20H23ClN2O5S/c1-5-23-15-11-14(7-9-16(15)28-12-20(2,3)19(23)24)22-29(25,26)18-10-13(21)6-8-17(18)27-4/h6-11,22H,5,12H2,1-4H3. The molecule has 1 amide bonds. The third kappa shape index (κ3) is 4.13. The third-order valence-electron chi connectivity index (χ3n) is 4.65. The molecule has 0 saturated carbocycles. The summed E-state index contributed by atoms with van der Waals surface area (Å²) in [5.74, 6) is 0.608. The molecule has 0 fully saturated rings. The summed E-state index contributed by atoms with van der Waals surface area (Å²) in [6, 6.07) is 9.18. The zero-order valence-electron chi connectivity index (χ0n) is 16.7. The van der Waals surface area contributed by atoms with Gasteiger partial charge < -0.3 is 14.4 Å². The van der Waals surface area contributed by atoms with Crippen LogP contribution in [0.1, 0.15) is 20.8 Å². The maximum atomic E-state index is 12.9. The zero-order chi connectivity index (χ0) is 21.4. The number of hydrogen-bond acceptors (Lipinski definition) is 5. The monoisotopic (exact) mass is 438 g/mol. The number of benzene rings is 2. The molecule has 2 aromatic rings. The third-order valence-corrected chi connectivity index (χ3v) is 6.28. The van der Waals surface area contributed by atoms with E-state index in [1.54, 1.807) is 29.2 Å². The smallest absolute Gasteiger partial charge is 0.265 e. The molecule has 29 heavy (non-hydrogen) atoms. The quantitative estimate of drug-likeness (QED) is 0.764. The van der Waals surface area contributed by atoms with Crippen molar-refractivity contribution in [1.29, 1.82) is 0 Å². The Morgan fingerprint density at radius 1 is 1.24 bits per heavy atom. The van der Waals surface area contributed by atoms with Crippen molar-refractivity contribution in [2.45, 2.75) is 25.7 Å². The van der Waals surface area contributed by atoms with Gasteiger partial charge in [-0.15, -0.1) is 0 Å². The number of nitrogens with one attached hydrogen (secondary N) is 1. The molecule has 0 bridgehead atoms. The molecular weight excluding hydrogens is 416 g/mol. The Morgan fingerprint density at radius 2 is 1.97 bits per heavy atom. The number of carbonyl (C=O) groups excluding carboxylic acids is 1. The molecule has 0 aliphatic carbocycles. The normalized spacial score (nSPS) is 15.9. The van der Waals surface area contributed by atoms with E-state index in [1.807, 2.05) is 20.8 Å². The van der Waals surface area contributed by atoms with Gasteiger partial charge in [0.1, 0.15) is 23.0 Å². The highest BCUT2D eigenvalue weighted by Crippen LogP contribution is 2.39. The van der Waals surface area contributed by atoms with Crippen molar-refractivity contribution in [3.8, 4) is 11.5 Å². The summed E-state index contributed by atoms with van der Waals surface area (Å²) in [5.41, 5.74) is 0.115. The highest BCUT2D eigenvalue weighted by Gasteiger charge is 2.37. The van der Waals surface area contributed by atoms with Gasteiger partial charge >= 0.3 is 0 Å². The Balaban J connectivity index is 2.01. The van der Waals surface area contributed by atoms with Crippen molar-refractivity contribution < 1.29 is 22.7 Å². The zero-order valence-corrected chi connectivity index (χ0v) is 18.2. The first kappa shape index (κ1) is 21.3. The molecule has 0 saturated heterocycles. The number of halogens is 1. The molecule has 7 nitrogen and oxygen atoms in total. The van der Waals surface area contributed by atoms with Crippen LogP contribution in [0.3, 0.4) is 0 Å². The van der Waals surface area contributed by atoms with Gasteiger partial charge in [0.2, 0.25) is 5.91 Å². The topological polar surface area (TPSA) is 84.9 Å². The maximum absolute atomic E-state index is 12.9. The number of anilines is 2. The van der Waals surface area contributed by atoms with E-state index in [4.69, 9.17) is 21.1 Å². The van der Waals surface area contributed by atoms with Crippen LogP contribution < -0.4 is 19.1 Å². The van der Waals surface area contributed by atoms with E-state index in [-0.39, 0.29) is 28.2 Å². The minimum Gasteiger partial charge on any atom is -0.495 e. The van der Waals surface area contributed by atoms with Crippen LogP contribution in [0.4, 0.5) is 11.4 Å². The molecule has 0 spiro atoms. The van der Waals surface area contributed by atoms with E-state index in [0.29, 0.717) is 23.7 Å². The van der Waals surface area contributed by atoms with Crippen molar-refractivity contribution in [3.63, 3.8) is 0 Å². The maximum Gasteiger partial charge on any atom is 0.265 e. The fraction of sp³-hybridized carbons (Fsp3) is 0.350. The van der Waals surface area contributed by atoms with Crippen LogP contribution in [-0.2, 0) is 14.8 Å². The van der Waals surface area contributed by atoms with E-state index < -0.39 is 15.4 Å². The van der Waals surface area contributed by atoms with Crippen molar-refractivity contribution in [1.82, 2.24) is 0 Å². The second-order valence-electron chi connectivity index (χ2n) is 7.31. The number of hydrogen-bond donors (Lipinski definition) is 1. The molecule has 1 heterocycles. The summed E-state index contributed by atoms with van der Waals surface area (Å²) in [6.07, 6.45) is 0. The average Bonchev–Trinajstić information content (AvgIpc) is 2.76. The molecule has 156 valence electrons. The molecule has 0 radical (unpaired) electrons. The number of carbonyl (C=O) groups is 1. The molecule has 0 aromatic heterocycles. The number of methoxy groups -OCH3 is 1. The molecule has 1 N–H and O–H groups in total. The fourth-order valence-corrected chi connectivity index (χ4v) is 4.58. The predicted molar refractivity (Wildman–Crippen MR) is 113 cm³/mol. The van der Waals surface area contributed by atoms with E-state index in [0.717, 1.165) is 0 Å². The van der Waals surface area contributed by atoms with Gasteiger partial charge in [0.25, 0.3) is 10.0 Å². The number of ether oxygens (including phenoxy) is 2. The first-order valence-corrected chi connectivity index (χ1v) is 10.9. The summed E-state index contributed by atoms with van der Waals surface area (Å²) < 4.78 is 39.3. The largest absolute Gasteiger partial charge is 0.495 e. The highest BCUT2D eigenvalue weighted by atomic mass is 35.5. The number of rotatable bonds is 5. The molecule has 0 unspecified atom stereocenters. The Morgan fingerprint density at radius 3 is 2.62 bits per heavy atom. The Kier molecular flexibility index (Phi) is 5.69. The minimum absolute atomic E-state index is 0.0803. The van der Waals surface area contributed by atoms with Crippen LogP contribution in [0.2, 0.25) is 5.02 Å². The fourth-order valence-electron chi connectivity index (χ4n) is 3.09. The lowest BCUT2D eigenvalue weighted by Gasteiger charge is -2.27. The number of nitrogens with zero attached hydrogens (tertiary/aromatic N) is 1. The summed E-state index contributed by atoms with van der Waals surface area (Å²) in [6.45, 7) is 6.16. The first-order valence-electron chi connectivity index (χ1n) is 9.04. The van der Waals surface area contributed by atoms with Crippen molar-refractivity contribution in [2.75, 3.05) is 29.9 Å². The summed E-state index contributed by atoms with van der Waals surface area (Å²) in [7, 11) is -2.60. The van der Waals surface area contributed by atoms with Gasteiger partial charge in [0, 0.05) is 11.6 Å². The van der Waals surface area contributed by atoms with Crippen molar-refractivity contribution in [3.05, 3.63) is 41.4 Å². The van der Waals surface area contributed by atoms with Crippen LogP contribution in [0, 0.1) is 5.41 Å². The Bertz CT molecular complexity index is 1050. The average molecular weight is 439 g/mol. The predicted octanol–water partition coefficient (Wildman–Crippen LogP) is 3.92. The number of sulfonamides is 1. The van der Waals surface area contributed by atoms with Gasteiger partial charge in [-0.2, -0.15) is 0 Å². The summed E-state index contributed by atoms with van der Waals surface area (Å²) in [4.78, 5) is 14.4. The molecule has 1 aliphatic rings. The molecule has 2 aromatic carbocycles. The van der Waals surface area contributed by atoms with Crippen molar-refractivity contribution >= 4 is 38.9 Å². The molecular formula is C20H23ClN2O5S. The van der Waals surface area contributed by atoms with Crippen LogP contribution in [0.25, 0.3) is 0 Å². The summed E-state index contributed by atoms with van der Waals surface area (Å²) >= 11 is 5.97. The van der Waals surface area contributed by atoms with E-state index >= 15 is 0 Å². The SMILES string of the molecule is CCN1C(=O)C(C)(C)COc2ccc(NS(=O)(=O)c3cc(Cl)ccc3OC)cc21. The van der Waals surface area contributed by atoms with Crippen LogP contribution in [-0.4, -0.2) is 34.6 Å². The molecule has 1 aliphatic heterocycles. The summed E-state index contributed by atoms with van der Waals surface area (Å²) in [5, 5.41) is 0.270. The van der Waals surface area contributed by atoms with Gasteiger partial charge in [0.15, 0.2) is 0 Å². The lowest BCUT2D eigenvalue weighted by Crippen LogP contribution is -2.42. The van der Waals surface area contributed by atoms with Crippen LogP contribution in [0.15, 0.2) is 41.3 Å². The van der Waals surface area contributed by atoms with Gasteiger partial charge in [-0.25, -0.2) is 8.42 Å². The molecule has 9 heteroatoms. The van der Waals surface area contributed by atoms with E-state index in [1.165, 1.54) is 19.2 Å². The van der Waals surface area contributed by atoms with Gasteiger partial charge in [0.05, 0.1) is 23.9 Å². The Hall–Kier alpha value is -2.45. The molecule has 3 rings (SSSR count). The van der Waals surface area contributed by atoms with E-state index in [9.17, 15) is 13.2 Å². The lowest BCUT2D eigenvalue weighted by molar-refractivity contribution is -0.127. The number of fused-ring (bicyclic) bond motifs is 1. The van der Waals surface area contributed by atoms with Gasteiger partial charge in [-0.3, -0.25) is 9.52 Å². The van der Waals surface area contributed by atoms with Gasteiger partial charge in [-0.1, -0.05) is 11.6 Å². The van der Waals surface area contributed by atoms with E-state index in [2.05, 4.69) is 4.72 Å². The second kappa shape index (κ2) is 7.76. The van der Waals surface area contributed by atoms with Crippen molar-refractivity contribution in [2.24, 2.45) is 5.41 Å². The highest BCUT2D eigenvalue weighted by molar-refractivity contribution is 7.92. The Labute approximate surface area is 175 Å². The first-order chi connectivity index (χ1) is 13.6. The number of amides is 1. The van der Waals surface area contributed by atoms with Crippen LogP contribution >= 0.6 is 11.6 Å². The minimum atomic E-state index is -3.98. The molecule has 0 atom stereocenters. The van der Waals surface area contributed by atoms with Gasteiger partial charge in [-0.05, 0) is 57.2 Å². The van der Waals surface area contributed by atoms with Crippen LogP contribution in [0.5, 0.6) is 11.5 Å².